The quantitative estimate of drug-likeness (QED) is 0.808. The zero-order valence-corrected chi connectivity index (χ0v) is 12.6. The molecule has 0 aliphatic rings. The van der Waals surface area contributed by atoms with E-state index in [1.807, 2.05) is 0 Å². The molecule has 0 saturated carbocycles. The van der Waals surface area contributed by atoms with Gasteiger partial charge >= 0.3 is 5.97 Å². The second-order valence-electron chi connectivity index (χ2n) is 3.29. The van der Waals surface area contributed by atoms with Crippen LogP contribution in [0.2, 0.25) is 0 Å². The maximum Gasteiger partial charge on any atom is 0.316 e. The fourth-order valence-corrected chi connectivity index (χ4v) is 2.12. The summed E-state index contributed by atoms with van der Waals surface area (Å²) in [6.45, 7) is 0. The normalized spacial score (nSPS) is 11.4. The molecule has 0 unspecified atom stereocenters. The zero-order chi connectivity index (χ0) is 13.8. The molecule has 0 saturated heterocycles. The Labute approximate surface area is 115 Å². The topological polar surface area (TPSA) is 61.8 Å². The van der Waals surface area contributed by atoms with Crippen LogP contribution < -0.4 is 10.1 Å². The minimum Gasteiger partial charge on any atom is -0.481 e. The number of halogens is 1. The highest BCUT2D eigenvalue weighted by Gasteiger charge is 2.37. The molecule has 6 nitrogen and oxygen atoms in total. The van der Waals surface area contributed by atoms with Gasteiger partial charge in [0.05, 0.1) is 11.6 Å². The lowest BCUT2D eigenvalue weighted by molar-refractivity contribution is -0.365. The summed E-state index contributed by atoms with van der Waals surface area (Å²) in [6.07, 6.45) is 0. The standard InChI is InChI=1S/C11H17BrN2O4/c1-13-9-8(12)6-7(10(14-9)15-2)11(16-3,17-4)18-5/h6H,1-5H3,(H,13,14). The number of aromatic nitrogens is 1. The van der Waals surface area contributed by atoms with E-state index in [0.29, 0.717) is 17.3 Å². The molecule has 1 aromatic rings. The minimum absolute atomic E-state index is 0.355. The number of nitrogens with zero attached hydrogens (tertiary/aromatic N) is 1. The van der Waals surface area contributed by atoms with Crippen LogP contribution in [0.5, 0.6) is 5.88 Å². The van der Waals surface area contributed by atoms with Gasteiger partial charge in [-0.25, -0.2) is 0 Å². The first-order chi connectivity index (χ1) is 8.58. The maximum absolute atomic E-state index is 5.29. The lowest BCUT2D eigenvalue weighted by atomic mass is 10.2. The first-order valence-electron chi connectivity index (χ1n) is 5.16. The molecule has 0 atom stereocenters. The van der Waals surface area contributed by atoms with Crippen LogP contribution in [0, 0.1) is 0 Å². The average Bonchev–Trinajstić information content (AvgIpc) is 2.41. The van der Waals surface area contributed by atoms with E-state index >= 15 is 0 Å². The van der Waals surface area contributed by atoms with E-state index in [2.05, 4.69) is 26.2 Å². The van der Waals surface area contributed by atoms with E-state index in [4.69, 9.17) is 18.9 Å². The molecule has 1 rings (SSSR count). The summed E-state index contributed by atoms with van der Waals surface area (Å²) in [4.78, 5) is 4.30. The number of hydrogen-bond donors (Lipinski definition) is 1. The largest absolute Gasteiger partial charge is 0.481 e. The third kappa shape index (κ3) is 2.59. The van der Waals surface area contributed by atoms with Crippen molar-refractivity contribution in [3.8, 4) is 5.88 Å². The van der Waals surface area contributed by atoms with Gasteiger partial charge in [-0.15, -0.1) is 0 Å². The SMILES string of the molecule is CNc1nc(OC)c(C(OC)(OC)OC)cc1Br. The van der Waals surface area contributed by atoms with Crippen LogP contribution >= 0.6 is 15.9 Å². The van der Waals surface area contributed by atoms with E-state index in [-0.39, 0.29) is 0 Å². The summed E-state index contributed by atoms with van der Waals surface area (Å²) in [6, 6.07) is 1.77. The third-order valence-corrected chi connectivity index (χ3v) is 3.11. The predicted molar refractivity (Wildman–Crippen MR) is 70.7 cm³/mol. The number of nitrogens with one attached hydrogen (secondary N) is 1. The van der Waals surface area contributed by atoms with Crippen LogP contribution in [0.3, 0.4) is 0 Å². The zero-order valence-electron chi connectivity index (χ0n) is 11.0. The Morgan fingerprint density at radius 2 is 1.72 bits per heavy atom. The molecule has 102 valence electrons. The fraction of sp³-hybridized carbons (Fsp3) is 0.545. The molecule has 0 bridgehead atoms. The molecule has 0 aromatic carbocycles. The van der Waals surface area contributed by atoms with Crippen molar-refractivity contribution in [2.45, 2.75) is 5.97 Å². The summed E-state index contributed by atoms with van der Waals surface area (Å²) < 4.78 is 21.9. The van der Waals surface area contributed by atoms with Crippen molar-refractivity contribution < 1.29 is 18.9 Å². The second kappa shape index (κ2) is 6.33. The molecule has 0 aliphatic heterocycles. The summed E-state index contributed by atoms with van der Waals surface area (Å²) >= 11 is 3.40. The smallest absolute Gasteiger partial charge is 0.316 e. The lowest BCUT2D eigenvalue weighted by Gasteiger charge is -2.30. The van der Waals surface area contributed by atoms with E-state index < -0.39 is 5.97 Å². The highest BCUT2D eigenvalue weighted by molar-refractivity contribution is 9.10. The van der Waals surface area contributed by atoms with Gasteiger partial charge < -0.3 is 24.3 Å². The van der Waals surface area contributed by atoms with Crippen LogP contribution in [0.1, 0.15) is 5.56 Å². The summed E-state index contributed by atoms with van der Waals surface area (Å²) in [5.74, 6) is -0.353. The van der Waals surface area contributed by atoms with Crippen LogP contribution in [0.4, 0.5) is 5.82 Å². The second-order valence-corrected chi connectivity index (χ2v) is 4.15. The summed E-state index contributed by atoms with van der Waals surface area (Å²) in [5.41, 5.74) is 0.531. The van der Waals surface area contributed by atoms with Crippen LogP contribution in [-0.2, 0) is 20.2 Å². The molecule has 0 aliphatic carbocycles. The molecule has 7 heteroatoms. The van der Waals surface area contributed by atoms with Gasteiger partial charge in [-0.05, 0) is 22.0 Å². The highest BCUT2D eigenvalue weighted by atomic mass is 79.9. The number of methoxy groups -OCH3 is 4. The van der Waals surface area contributed by atoms with Crippen molar-refractivity contribution in [2.75, 3.05) is 40.8 Å². The molecular weight excluding hydrogens is 304 g/mol. The number of anilines is 1. The average molecular weight is 321 g/mol. The first kappa shape index (κ1) is 15.2. The fourth-order valence-electron chi connectivity index (χ4n) is 1.60. The predicted octanol–water partition coefficient (Wildman–Crippen LogP) is 1.94. The van der Waals surface area contributed by atoms with Gasteiger partial charge in [0, 0.05) is 28.4 Å². The third-order valence-electron chi connectivity index (χ3n) is 2.51. The number of ether oxygens (including phenoxy) is 4. The molecule has 1 N–H and O–H groups in total. The van der Waals surface area contributed by atoms with Crippen molar-refractivity contribution >= 4 is 21.7 Å². The molecule has 0 spiro atoms. The van der Waals surface area contributed by atoms with Gasteiger partial charge in [0.1, 0.15) is 11.4 Å². The molecule has 1 aromatic heterocycles. The summed E-state index contributed by atoms with van der Waals surface area (Å²) in [5, 5.41) is 2.94. The molecule has 0 amide bonds. The highest BCUT2D eigenvalue weighted by Crippen LogP contribution is 2.37. The maximum atomic E-state index is 5.29. The number of hydrogen-bond acceptors (Lipinski definition) is 6. The van der Waals surface area contributed by atoms with Crippen molar-refractivity contribution in [3.63, 3.8) is 0 Å². The Balaban J connectivity index is 3.42. The van der Waals surface area contributed by atoms with Crippen molar-refractivity contribution in [2.24, 2.45) is 0 Å². The van der Waals surface area contributed by atoms with Gasteiger partial charge in [0.15, 0.2) is 0 Å². The Kier molecular flexibility index (Phi) is 5.33. The van der Waals surface area contributed by atoms with E-state index in [9.17, 15) is 0 Å². The molecule has 0 fully saturated rings. The Bertz CT molecular complexity index is 402. The van der Waals surface area contributed by atoms with E-state index in [1.165, 1.54) is 28.4 Å². The van der Waals surface area contributed by atoms with E-state index in [0.717, 1.165) is 4.47 Å². The van der Waals surface area contributed by atoms with Gasteiger partial charge in [0.25, 0.3) is 0 Å². The van der Waals surface area contributed by atoms with Crippen LogP contribution in [-0.4, -0.2) is 40.5 Å². The van der Waals surface area contributed by atoms with Gasteiger partial charge in [-0.2, -0.15) is 4.98 Å². The first-order valence-corrected chi connectivity index (χ1v) is 5.96. The minimum atomic E-state index is -1.35. The lowest BCUT2D eigenvalue weighted by Crippen LogP contribution is -2.33. The summed E-state index contributed by atoms with van der Waals surface area (Å²) in [7, 11) is 7.72. The van der Waals surface area contributed by atoms with Crippen molar-refractivity contribution in [1.82, 2.24) is 4.98 Å². The van der Waals surface area contributed by atoms with Gasteiger partial charge in [0.2, 0.25) is 5.88 Å². The van der Waals surface area contributed by atoms with Crippen LogP contribution in [0.15, 0.2) is 10.5 Å². The van der Waals surface area contributed by atoms with Crippen molar-refractivity contribution in [1.29, 1.82) is 0 Å². The molecule has 18 heavy (non-hydrogen) atoms. The number of pyridine rings is 1. The number of rotatable bonds is 6. The van der Waals surface area contributed by atoms with E-state index in [1.54, 1.807) is 13.1 Å². The molecule has 1 heterocycles. The molecule has 0 radical (unpaired) electrons. The monoisotopic (exact) mass is 320 g/mol. The van der Waals surface area contributed by atoms with Gasteiger partial charge in [-0.1, -0.05) is 0 Å². The Morgan fingerprint density at radius 1 is 1.17 bits per heavy atom. The molecular formula is C11H17BrN2O4. The Morgan fingerprint density at radius 3 is 2.11 bits per heavy atom. The van der Waals surface area contributed by atoms with Crippen molar-refractivity contribution in [3.05, 3.63) is 16.1 Å². The van der Waals surface area contributed by atoms with Crippen LogP contribution in [0.25, 0.3) is 0 Å². The Hall–Kier alpha value is -0.890. The van der Waals surface area contributed by atoms with Gasteiger partial charge in [-0.3, -0.25) is 0 Å².